The van der Waals surface area contributed by atoms with E-state index in [1.54, 1.807) is 0 Å². The summed E-state index contributed by atoms with van der Waals surface area (Å²) in [5, 5.41) is 58.6. The molecule has 8 atom stereocenters. The van der Waals surface area contributed by atoms with Crippen molar-refractivity contribution < 1.29 is 49.6 Å². The average molecular weight is 326 g/mol. The monoisotopic (exact) mass is 326 g/mol. The molecule has 0 aliphatic carbocycles. The molecule has 2 aliphatic rings. The lowest BCUT2D eigenvalue weighted by molar-refractivity contribution is -0.377. The summed E-state index contributed by atoms with van der Waals surface area (Å²) in [6.45, 7) is 1.87. The maximum absolute atomic E-state index is 10.6. The molecule has 0 amide bonds. The first kappa shape index (κ1) is 17.9. The van der Waals surface area contributed by atoms with Crippen LogP contribution in [-0.2, 0) is 18.9 Å². The van der Waals surface area contributed by atoms with Crippen LogP contribution in [0.15, 0.2) is 0 Å². The van der Waals surface area contributed by atoms with E-state index in [2.05, 4.69) is 0 Å². The summed E-state index contributed by atoms with van der Waals surface area (Å²) in [4.78, 5) is 0. The molecule has 0 radical (unpaired) electrons. The Hall–Kier alpha value is -0.400. The van der Waals surface area contributed by atoms with Crippen molar-refractivity contribution >= 4 is 0 Å². The fourth-order valence-corrected chi connectivity index (χ4v) is 2.33. The summed E-state index contributed by atoms with van der Waals surface area (Å²) >= 11 is 0. The fraction of sp³-hybridized carbons (Fsp3) is 1.00. The van der Waals surface area contributed by atoms with Gasteiger partial charge in [-0.2, -0.15) is 0 Å². The molecule has 0 aromatic heterocycles. The molecule has 130 valence electrons. The van der Waals surface area contributed by atoms with Crippen molar-refractivity contribution in [2.24, 2.45) is 0 Å². The van der Waals surface area contributed by atoms with Crippen LogP contribution in [0.2, 0.25) is 0 Å². The highest BCUT2D eigenvalue weighted by atomic mass is 16.7. The van der Waals surface area contributed by atoms with Crippen molar-refractivity contribution in [1.82, 2.24) is 0 Å². The Morgan fingerprint density at radius 2 is 1.00 bits per heavy atom. The van der Waals surface area contributed by atoms with Gasteiger partial charge in [-0.05, 0) is 13.8 Å². The molecule has 10 heteroatoms. The Balaban J connectivity index is 2.12. The number of hydrogen-bond acceptors (Lipinski definition) is 10. The fourth-order valence-electron chi connectivity index (χ4n) is 2.33. The first-order chi connectivity index (χ1) is 10.1. The van der Waals surface area contributed by atoms with Crippen molar-refractivity contribution in [1.29, 1.82) is 0 Å². The summed E-state index contributed by atoms with van der Waals surface area (Å²) in [6, 6.07) is 0. The van der Waals surface area contributed by atoms with E-state index in [4.69, 9.17) is 18.9 Å². The summed E-state index contributed by atoms with van der Waals surface area (Å²) in [7, 11) is 0. The third-order valence-corrected chi connectivity index (χ3v) is 4.21. The van der Waals surface area contributed by atoms with Gasteiger partial charge in [-0.3, -0.25) is 0 Å². The zero-order chi connectivity index (χ0) is 16.7. The van der Waals surface area contributed by atoms with Crippen molar-refractivity contribution in [2.75, 3.05) is 13.2 Å². The summed E-state index contributed by atoms with van der Waals surface area (Å²) in [6.07, 6.45) is -8.85. The van der Waals surface area contributed by atoms with E-state index in [9.17, 15) is 30.6 Å². The lowest BCUT2D eigenvalue weighted by Gasteiger charge is -2.50. The van der Waals surface area contributed by atoms with Gasteiger partial charge in [-0.1, -0.05) is 0 Å². The van der Waals surface area contributed by atoms with E-state index in [0.29, 0.717) is 0 Å². The van der Waals surface area contributed by atoms with E-state index in [0.717, 1.165) is 0 Å². The van der Waals surface area contributed by atoms with Crippen LogP contribution in [0.1, 0.15) is 13.8 Å². The third kappa shape index (κ3) is 3.12. The summed E-state index contributed by atoms with van der Waals surface area (Å²) < 4.78 is 19.8. The third-order valence-electron chi connectivity index (χ3n) is 4.21. The Bertz CT molecular complexity index is 350. The molecule has 2 aliphatic heterocycles. The molecule has 2 saturated heterocycles. The second kappa shape index (κ2) is 6.24. The Morgan fingerprint density at radius 1 is 0.682 bits per heavy atom. The minimum atomic E-state index is -2.00. The lowest BCUT2D eigenvalue weighted by Crippen LogP contribution is -2.69. The highest BCUT2D eigenvalue weighted by Crippen LogP contribution is 2.36. The van der Waals surface area contributed by atoms with Gasteiger partial charge in [0.05, 0.1) is 13.2 Å². The van der Waals surface area contributed by atoms with Crippen LogP contribution in [0.25, 0.3) is 0 Å². The minimum absolute atomic E-state index is 0.292. The van der Waals surface area contributed by atoms with Crippen LogP contribution < -0.4 is 0 Å². The Labute approximate surface area is 126 Å². The van der Waals surface area contributed by atoms with E-state index in [1.165, 1.54) is 13.8 Å². The Morgan fingerprint density at radius 3 is 1.27 bits per heavy atom. The average Bonchev–Trinajstić information content (AvgIpc) is 2.44. The molecule has 0 saturated carbocycles. The molecular weight excluding hydrogens is 304 g/mol. The van der Waals surface area contributed by atoms with Gasteiger partial charge in [0.25, 0.3) is 0 Å². The van der Waals surface area contributed by atoms with Crippen LogP contribution >= 0.6 is 0 Å². The SMILES string of the molecule is CC(O)(C1COC(O)C(O)O1)C(C)(O)C1COC(O)C(O)O1. The second-order valence-corrected chi connectivity index (χ2v) is 5.77. The minimum Gasteiger partial charge on any atom is -0.384 e. The normalized spacial score (nSPS) is 45.8. The highest BCUT2D eigenvalue weighted by molar-refractivity contribution is 5.05. The molecule has 0 aromatic rings. The maximum Gasteiger partial charge on any atom is 0.207 e. The molecular formula is C12H22O10. The predicted molar refractivity (Wildman–Crippen MR) is 66.9 cm³/mol. The van der Waals surface area contributed by atoms with Gasteiger partial charge >= 0.3 is 0 Å². The molecule has 0 aromatic carbocycles. The van der Waals surface area contributed by atoms with E-state index < -0.39 is 48.6 Å². The van der Waals surface area contributed by atoms with Crippen LogP contribution in [0, 0.1) is 0 Å². The number of rotatable bonds is 3. The van der Waals surface area contributed by atoms with Crippen LogP contribution in [0.3, 0.4) is 0 Å². The molecule has 22 heavy (non-hydrogen) atoms. The summed E-state index contributed by atoms with van der Waals surface area (Å²) in [5.74, 6) is 0. The zero-order valence-corrected chi connectivity index (χ0v) is 12.2. The quantitative estimate of drug-likeness (QED) is 0.308. The molecule has 6 N–H and O–H groups in total. The number of aliphatic hydroxyl groups excluding tert-OH is 4. The first-order valence-corrected chi connectivity index (χ1v) is 6.78. The van der Waals surface area contributed by atoms with E-state index in [-0.39, 0.29) is 13.2 Å². The molecule has 0 bridgehead atoms. The molecule has 8 unspecified atom stereocenters. The summed E-state index contributed by atoms with van der Waals surface area (Å²) in [5.41, 5.74) is -3.99. The number of ether oxygens (including phenoxy) is 4. The predicted octanol–water partition coefficient (Wildman–Crippen LogP) is -3.41. The first-order valence-electron chi connectivity index (χ1n) is 6.78. The van der Waals surface area contributed by atoms with Crippen LogP contribution in [-0.4, -0.2) is 92.4 Å². The largest absolute Gasteiger partial charge is 0.384 e. The topological polar surface area (TPSA) is 158 Å². The van der Waals surface area contributed by atoms with Crippen molar-refractivity contribution in [3.05, 3.63) is 0 Å². The van der Waals surface area contributed by atoms with Crippen LogP contribution in [0.4, 0.5) is 0 Å². The Kier molecular flexibility index (Phi) is 5.09. The van der Waals surface area contributed by atoms with Gasteiger partial charge in [0.2, 0.25) is 25.2 Å². The van der Waals surface area contributed by atoms with Gasteiger partial charge < -0.3 is 49.6 Å². The van der Waals surface area contributed by atoms with Gasteiger partial charge in [0.15, 0.2) is 0 Å². The standard InChI is InChI=1S/C12H22O10/c1-11(17,5-3-19-7(13)9(15)21-5)12(2,18)6-4-20-8(14)10(16)22-6/h5-10,13-18H,3-4H2,1-2H3. The highest BCUT2D eigenvalue weighted by Gasteiger charge is 2.57. The van der Waals surface area contributed by atoms with Crippen molar-refractivity contribution in [2.45, 2.75) is 62.4 Å². The zero-order valence-electron chi connectivity index (χ0n) is 12.2. The molecule has 2 heterocycles. The van der Waals surface area contributed by atoms with Gasteiger partial charge in [0.1, 0.15) is 23.4 Å². The number of aliphatic hydroxyl groups is 6. The smallest absolute Gasteiger partial charge is 0.207 e. The molecule has 2 fully saturated rings. The molecule has 0 spiro atoms. The number of hydrogen-bond donors (Lipinski definition) is 6. The van der Waals surface area contributed by atoms with E-state index in [1.807, 2.05) is 0 Å². The van der Waals surface area contributed by atoms with Gasteiger partial charge in [0, 0.05) is 0 Å². The van der Waals surface area contributed by atoms with Crippen molar-refractivity contribution in [3.8, 4) is 0 Å². The maximum atomic E-state index is 10.6. The lowest BCUT2D eigenvalue weighted by atomic mass is 9.77. The van der Waals surface area contributed by atoms with E-state index >= 15 is 0 Å². The second-order valence-electron chi connectivity index (χ2n) is 5.77. The van der Waals surface area contributed by atoms with Gasteiger partial charge in [-0.25, -0.2) is 0 Å². The molecule has 2 rings (SSSR count). The van der Waals surface area contributed by atoms with Crippen molar-refractivity contribution in [3.63, 3.8) is 0 Å². The van der Waals surface area contributed by atoms with Crippen LogP contribution in [0.5, 0.6) is 0 Å². The van der Waals surface area contributed by atoms with Gasteiger partial charge in [-0.15, -0.1) is 0 Å². The molecule has 10 nitrogen and oxygen atoms in total.